The Morgan fingerprint density at radius 3 is 2.39 bits per heavy atom. The molecule has 3 rings (SSSR count). The molecular weight excluding hydrogens is 428 g/mol. The number of nitriles is 1. The molecule has 0 saturated carbocycles. The van der Waals surface area contributed by atoms with Crippen LogP contribution in [-0.4, -0.2) is 13.3 Å². The number of pyridine rings is 1. The average Bonchev–Trinajstić information content (AvgIpc) is 3.03. The second-order valence-corrected chi connectivity index (χ2v) is 13.6. The number of hydrogen-bond donors (Lipinski definition) is 0. The minimum Gasteiger partial charge on any atom is -0.543 e. The lowest BCUT2D eigenvalue weighted by molar-refractivity contribution is -0.141. The SMILES string of the molecule is CC(C)(C)[Si](C)(C)OC1=CCc2c(Oc3cc(F)cc(C#N)c3)cnc(C(F)(F)F)c21. The van der Waals surface area contributed by atoms with Gasteiger partial charge in [0.25, 0.3) is 0 Å². The molecule has 0 atom stereocenters. The molecule has 1 aliphatic carbocycles. The Labute approximate surface area is 179 Å². The third-order valence-electron chi connectivity index (χ3n) is 5.55. The van der Waals surface area contributed by atoms with E-state index < -0.39 is 26.0 Å². The van der Waals surface area contributed by atoms with Crippen LogP contribution < -0.4 is 4.74 Å². The number of halogens is 4. The van der Waals surface area contributed by atoms with E-state index in [9.17, 15) is 17.6 Å². The van der Waals surface area contributed by atoms with Crippen LogP contribution in [0.1, 0.15) is 43.2 Å². The van der Waals surface area contributed by atoms with Gasteiger partial charge in [-0.2, -0.15) is 18.4 Å². The first-order valence-electron chi connectivity index (χ1n) is 9.60. The van der Waals surface area contributed by atoms with Crippen LogP contribution in [0, 0.1) is 17.1 Å². The van der Waals surface area contributed by atoms with Crippen molar-refractivity contribution in [2.24, 2.45) is 0 Å². The fourth-order valence-corrected chi connectivity index (χ4v) is 3.97. The van der Waals surface area contributed by atoms with E-state index in [1.54, 1.807) is 6.08 Å². The summed E-state index contributed by atoms with van der Waals surface area (Å²) in [5.74, 6) is -0.490. The van der Waals surface area contributed by atoms with Crippen LogP contribution in [0.2, 0.25) is 18.1 Å². The molecule has 31 heavy (non-hydrogen) atoms. The Kier molecular flexibility index (Phi) is 5.65. The van der Waals surface area contributed by atoms with Gasteiger partial charge in [-0.15, -0.1) is 0 Å². The summed E-state index contributed by atoms with van der Waals surface area (Å²) in [6.07, 6.45) is -1.96. The maximum Gasteiger partial charge on any atom is 0.434 e. The second-order valence-electron chi connectivity index (χ2n) is 8.85. The first-order valence-corrected chi connectivity index (χ1v) is 12.5. The molecule has 164 valence electrons. The summed E-state index contributed by atoms with van der Waals surface area (Å²) in [7, 11) is -2.42. The lowest BCUT2D eigenvalue weighted by Gasteiger charge is -2.37. The van der Waals surface area contributed by atoms with Crippen LogP contribution in [0.5, 0.6) is 11.5 Å². The summed E-state index contributed by atoms with van der Waals surface area (Å²) in [6.45, 7) is 9.88. The highest BCUT2D eigenvalue weighted by molar-refractivity contribution is 6.74. The zero-order chi connectivity index (χ0) is 23.2. The van der Waals surface area contributed by atoms with Crippen LogP contribution in [0.3, 0.4) is 0 Å². The fraction of sp³-hybridized carbons (Fsp3) is 0.364. The van der Waals surface area contributed by atoms with Crippen molar-refractivity contribution < 1.29 is 26.7 Å². The standard InChI is InChI=1S/C22H22F4N2O2Si/c1-21(2,3)31(4,5)30-17-7-6-16-18(12-28-20(19(16)17)22(24,25)26)29-15-9-13(11-27)8-14(23)10-15/h7-10,12H,6H2,1-5H3. The predicted octanol–water partition coefficient (Wildman–Crippen LogP) is 6.82. The first kappa shape index (κ1) is 22.8. The number of hydrogen-bond acceptors (Lipinski definition) is 4. The smallest absolute Gasteiger partial charge is 0.434 e. The third-order valence-corrected chi connectivity index (χ3v) is 9.90. The number of alkyl halides is 3. The Morgan fingerprint density at radius 1 is 1.13 bits per heavy atom. The second kappa shape index (κ2) is 7.68. The van der Waals surface area contributed by atoms with Crippen LogP contribution in [0.25, 0.3) is 5.76 Å². The molecular formula is C22H22F4N2O2Si. The van der Waals surface area contributed by atoms with Gasteiger partial charge in [0.1, 0.15) is 23.1 Å². The molecule has 1 aromatic heterocycles. The summed E-state index contributed by atoms with van der Waals surface area (Å²) in [5.41, 5.74) is -0.897. The monoisotopic (exact) mass is 450 g/mol. The van der Waals surface area contributed by atoms with E-state index in [4.69, 9.17) is 14.4 Å². The van der Waals surface area contributed by atoms with Gasteiger partial charge in [0.05, 0.1) is 23.4 Å². The van der Waals surface area contributed by atoms with E-state index in [0.29, 0.717) is 0 Å². The van der Waals surface area contributed by atoms with Crippen molar-refractivity contribution in [2.75, 3.05) is 0 Å². The van der Waals surface area contributed by atoms with Gasteiger partial charge in [-0.05, 0) is 42.8 Å². The topological polar surface area (TPSA) is 55.1 Å². The quantitative estimate of drug-likeness (QED) is 0.379. The zero-order valence-corrected chi connectivity index (χ0v) is 18.8. The maximum absolute atomic E-state index is 13.8. The van der Waals surface area contributed by atoms with Crippen molar-refractivity contribution in [1.82, 2.24) is 4.98 Å². The lowest BCUT2D eigenvalue weighted by atomic mass is 10.1. The summed E-state index contributed by atoms with van der Waals surface area (Å²) in [6, 6.07) is 5.21. The normalized spacial score (nSPS) is 14.0. The number of aromatic nitrogens is 1. The molecule has 0 radical (unpaired) electrons. The van der Waals surface area contributed by atoms with Crippen molar-refractivity contribution in [3.8, 4) is 17.6 Å². The lowest BCUT2D eigenvalue weighted by Crippen LogP contribution is -2.40. The number of allylic oxidation sites excluding steroid dienone is 1. The van der Waals surface area contributed by atoms with Crippen LogP contribution >= 0.6 is 0 Å². The summed E-state index contributed by atoms with van der Waals surface area (Å²) < 4.78 is 66.8. The van der Waals surface area contributed by atoms with Crippen molar-refractivity contribution in [2.45, 2.75) is 51.5 Å². The highest BCUT2D eigenvalue weighted by atomic mass is 28.4. The maximum atomic E-state index is 13.8. The molecule has 0 fully saturated rings. The van der Waals surface area contributed by atoms with Gasteiger partial charge in [0.15, 0.2) is 5.69 Å². The van der Waals surface area contributed by atoms with Crippen LogP contribution in [-0.2, 0) is 17.0 Å². The van der Waals surface area contributed by atoms with E-state index in [1.807, 2.05) is 39.9 Å². The van der Waals surface area contributed by atoms with E-state index in [2.05, 4.69) is 4.98 Å². The Balaban J connectivity index is 2.07. The Bertz CT molecular complexity index is 1100. The summed E-state index contributed by atoms with van der Waals surface area (Å²) >= 11 is 0. The molecule has 0 spiro atoms. The molecule has 1 heterocycles. The molecule has 9 heteroatoms. The molecule has 0 unspecified atom stereocenters. The van der Waals surface area contributed by atoms with Crippen molar-refractivity contribution in [1.29, 1.82) is 5.26 Å². The van der Waals surface area contributed by atoms with E-state index >= 15 is 0 Å². The van der Waals surface area contributed by atoms with Crippen molar-refractivity contribution in [3.05, 3.63) is 58.7 Å². The van der Waals surface area contributed by atoms with Gasteiger partial charge in [-0.3, -0.25) is 0 Å². The highest BCUT2D eigenvalue weighted by Crippen LogP contribution is 2.46. The third kappa shape index (κ3) is 4.59. The first-order chi connectivity index (χ1) is 14.2. The Morgan fingerprint density at radius 2 is 1.81 bits per heavy atom. The highest BCUT2D eigenvalue weighted by Gasteiger charge is 2.44. The minimum absolute atomic E-state index is 0.000858. The average molecular weight is 451 g/mol. The van der Waals surface area contributed by atoms with Crippen molar-refractivity contribution in [3.63, 3.8) is 0 Å². The number of rotatable bonds is 4. The van der Waals surface area contributed by atoms with E-state index in [-0.39, 0.29) is 45.4 Å². The largest absolute Gasteiger partial charge is 0.543 e. The number of nitrogens with zero attached hydrogens (tertiary/aromatic N) is 2. The molecule has 1 aromatic carbocycles. The molecule has 1 aliphatic rings. The number of fused-ring (bicyclic) bond motifs is 1. The number of benzene rings is 1. The van der Waals surface area contributed by atoms with Crippen molar-refractivity contribution >= 4 is 14.1 Å². The van der Waals surface area contributed by atoms with E-state index in [0.717, 1.165) is 18.3 Å². The van der Waals surface area contributed by atoms with Gasteiger partial charge < -0.3 is 9.16 Å². The van der Waals surface area contributed by atoms with Crippen LogP contribution in [0.15, 0.2) is 30.5 Å². The van der Waals surface area contributed by atoms with E-state index in [1.165, 1.54) is 6.07 Å². The Hall–Kier alpha value is -2.86. The van der Waals surface area contributed by atoms with Gasteiger partial charge in [0, 0.05) is 11.6 Å². The fourth-order valence-electron chi connectivity index (χ4n) is 2.93. The molecule has 0 saturated heterocycles. The minimum atomic E-state index is -4.68. The molecule has 0 bridgehead atoms. The summed E-state index contributed by atoms with van der Waals surface area (Å²) in [5, 5.41) is 8.79. The molecule has 2 aromatic rings. The van der Waals surface area contributed by atoms with Gasteiger partial charge in [0.2, 0.25) is 8.32 Å². The predicted molar refractivity (Wildman–Crippen MR) is 110 cm³/mol. The van der Waals surface area contributed by atoms with Gasteiger partial charge in [-0.1, -0.05) is 20.8 Å². The molecule has 0 N–H and O–H groups in total. The molecule has 0 aliphatic heterocycles. The van der Waals surface area contributed by atoms with Crippen LogP contribution in [0.4, 0.5) is 17.6 Å². The number of ether oxygens (including phenoxy) is 1. The molecule has 4 nitrogen and oxygen atoms in total. The molecule has 0 amide bonds. The summed E-state index contributed by atoms with van der Waals surface area (Å²) in [4.78, 5) is 3.61. The van der Waals surface area contributed by atoms with Gasteiger partial charge in [-0.25, -0.2) is 9.37 Å². The zero-order valence-electron chi connectivity index (χ0n) is 17.8. The van der Waals surface area contributed by atoms with Gasteiger partial charge >= 0.3 is 6.18 Å².